The molecule has 27 heavy (non-hydrogen) atoms. The van der Waals surface area contributed by atoms with Crippen LogP contribution in [0.4, 0.5) is 23.7 Å². The number of rotatable bonds is 5. The topological polar surface area (TPSA) is 130 Å². The smallest absolute Gasteiger partial charge is 0.350 e. The number of nitro benzene ring substituents is 1. The van der Waals surface area contributed by atoms with Crippen molar-refractivity contribution in [1.29, 1.82) is 0 Å². The van der Waals surface area contributed by atoms with Gasteiger partial charge in [-0.25, -0.2) is 9.69 Å². The molecule has 0 radical (unpaired) electrons. The van der Waals surface area contributed by atoms with Gasteiger partial charge in [-0.05, 0) is 11.6 Å². The first-order valence-corrected chi connectivity index (χ1v) is 7.17. The van der Waals surface area contributed by atoms with E-state index in [1.165, 1.54) is 0 Å². The maximum atomic E-state index is 12.8. The monoisotopic (exact) mass is 388 g/mol. The van der Waals surface area contributed by atoms with Crippen LogP contribution in [0.3, 0.4) is 0 Å². The molecule has 5 amide bonds. The first-order valence-electron chi connectivity index (χ1n) is 7.17. The van der Waals surface area contributed by atoms with Gasteiger partial charge in [-0.2, -0.15) is 13.2 Å². The summed E-state index contributed by atoms with van der Waals surface area (Å²) in [6.45, 7) is -1.35. The molecule has 0 bridgehead atoms. The number of benzene rings is 1. The third-order valence-electron chi connectivity index (χ3n) is 3.56. The normalized spacial score (nSPS) is 14.7. The summed E-state index contributed by atoms with van der Waals surface area (Å²) in [5.74, 6) is -3.28. The van der Waals surface area contributed by atoms with Crippen molar-refractivity contribution >= 4 is 29.4 Å². The molecule has 1 saturated heterocycles. The Labute approximate surface area is 148 Å². The van der Waals surface area contributed by atoms with Crippen molar-refractivity contribution in [1.82, 2.24) is 15.1 Å². The third kappa shape index (κ3) is 4.19. The molecule has 1 aliphatic heterocycles. The van der Waals surface area contributed by atoms with Crippen LogP contribution < -0.4 is 5.32 Å². The SMILES string of the molecule is CN1C(=O)C(=O)N(CC(=O)NCc2cc([N+](=O)[O-])cc(C(F)(F)F)c2)C1=O. The van der Waals surface area contributed by atoms with Gasteiger partial charge in [-0.3, -0.25) is 29.4 Å². The number of carbonyl (C=O) groups is 4. The van der Waals surface area contributed by atoms with E-state index in [2.05, 4.69) is 5.32 Å². The molecule has 2 rings (SSSR count). The number of nitrogens with one attached hydrogen (secondary N) is 1. The van der Waals surface area contributed by atoms with E-state index in [9.17, 15) is 42.5 Å². The lowest BCUT2D eigenvalue weighted by atomic mass is 10.1. The Morgan fingerprint density at radius 3 is 2.30 bits per heavy atom. The van der Waals surface area contributed by atoms with E-state index in [0.717, 1.165) is 13.1 Å². The molecule has 0 aromatic heterocycles. The van der Waals surface area contributed by atoms with Crippen LogP contribution in [-0.4, -0.2) is 52.1 Å². The fourth-order valence-corrected chi connectivity index (χ4v) is 2.20. The molecule has 13 heteroatoms. The van der Waals surface area contributed by atoms with Gasteiger partial charge in [0.15, 0.2) is 0 Å². The molecule has 1 fully saturated rings. The Bertz CT molecular complexity index is 854. The van der Waals surface area contributed by atoms with Crippen molar-refractivity contribution in [2.24, 2.45) is 0 Å². The summed E-state index contributed by atoms with van der Waals surface area (Å²) in [4.78, 5) is 57.0. The number of urea groups is 1. The van der Waals surface area contributed by atoms with Crippen LogP contribution in [0, 0.1) is 10.1 Å². The Hall–Kier alpha value is -3.51. The van der Waals surface area contributed by atoms with Crippen LogP contribution in [0.25, 0.3) is 0 Å². The Balaban J connectivity index is 2.10. The Kier molecular flexibility index (Phi) is 5.14. The molecule has 144 valence electrons. The van der Waals surface area contributed by atoms with Gasteiger partial charge in [-0.15, -0.1) is 0 Å². The van der Waals surface area contributed by atoms with Crippen LogP contribution in [0.1, 0.15) is 11.1 Å². The highest BCUT2D eigenvalue weighted by Crippen LogP contribution is 2.32. The highest BCUT2D eigenvalue weighted by molar-refractivity contribution is 6.44. The fraction of sp³-hybridized carbons (Fsp3) is 0.286. The van der Waals surface area contributed by atoms with Gasteiger partial charge in [0.05, 0.1) is 10.5 Å². The minimum atomic E-state index is -4.83. The summed E-state index contributed by atoms with van der Waals surface area (Å²) < 4.78 is 38.4. The second kappa shape index (κ2) is 7.01. The number of carbonyl (C=O) groups excluding carboxylic acids is 4. The first-order chi connectivity index (χ1) is 12.4. The number of amides is 5. The molecule has 0 unspecified atom stereocenters. The molecule has 0 spiro atoms. The summed E-state index contributed by atoms with van der Waals surface area (Å²) in [6.07, 6.45) is -4.83. The minimum absolute atomic E-state index is 0.211. The zero-order valence-corrected chi connectivity index (χ0v) is 13.6. The predicted octanol–water partition coefficient (Wildman–Crippen LogP) is 0.650. The van der Waals surface area contributed by atoms with Gasteiger partial charge in [0.25, 0.3) is 5.69 Å². The number of alkyl halides is 3. The number of non-ortho nitro benzene ring substituents is 1. The molecule has 10 nitrogen and oxygen atoms in total. The fourth-order valence-electron chi connectivity index (χ4n) is 2.20. The van der Waals surface area contributed by atoms with Crippen LogP contribution in [0.2, 0.25) is 0 Å². The molecular formula is C14H11F3N4O6. The molecule has 1 aromatic rings. The number of likely N-dealkylation sites (N-methyl/N-ethyl adjacent to an activating group) is 1. The number of hydrogen-bond donors (Lipinski definition) is 1. The number of nitro groups is 1. The van der Waals surface area contributed by atoms with Crippen LogP contribution >= 0.6 is 0 Å². The molecule has 1 N–H and O–H groups in total. The summed E-state index contributed by atoms with van der Waals surface area (Å²) in [7, 11) is 1.04. The van der Waals surface area contributed by atoms with Crippen LogP contribution in [0.15, 0.2) is 18.2 Å². The van der Waals surface area contributed by atoms with E-state index < -0.39 is 59.2 Å². The van der Waals surface area contributed by atoms with E-state index in [-0.39, 0.29) is 5.56 Å². The molecule has 1 heterocycles. The van der Waals surface area contributed by atoms with Crippen LogP contribution in [-0.2, 0) is 27.1 Å². The van der Waals surface area contributed by atoms with Crippen molar-refractivity contribution in [2.45, 2.75) is 12.7 Å². The summed E-state index contributed by atoms with van der Waals surface area (Å²) in [5.41, 5.74) is -2.29. The van der Waals surface area contributed by atoms with Crippen molar-refractivity contribution < 1.29 is 37.3 Å². The zero-order chi connectivity index (χ0) is 20.5. The van der Waals surface area contributed by atoms with E-state index >= 15 is 0 Å². The third-order valence-corrected chi connectivity index (χ3v) is 3.56. The Morgan fingerprint density at radius 2 is 1.81 bits per heavy atom. The first kappa shape index (κ1) is 19.8. The quantitative estimate of drug-likeness (QED) is 0.341. The van der Waals surface area contributed by atoms with E-state index in [1.54, 1.807) is 0 Å². The lowest BCUT2D eigenvalue weighted by Gasteiger charge is -2.13. The van der Waals surface area contributed by atoms with Gasteiger partial charge < -0.3 is 5.32 Å². The van der Waals surface area contributed by atoms with Gasteiger partial charge in [0, 0.05) is 25.7 Å². The second-order valence-corrected chi connectivity index (χ2v) is 5.46. The molecule has 1 aromatic carbocycles. The van der Waals surface area contributed by atoms with E-state index in [1.807, 2.05) is 0 Å². The average Bonchev–Trinajstić information content (AvgIpc) is 2.77. The number of imide groups is 2. The van der Waals surface area contributed by atoms with Crippen LogP contribution in [0.5, 0.6) is 0 Å². The van der Waals surface area contributed by atoms with Gasteiger partial charge in [-0.1, -0.05) is 0 Å². The van der Waals surface area contributed by atoms with E-state index in [0.29, 0.717) is 21.9 Å². The van der Waals surface area contributed by atoms with Crippen molar-refractivity contribution in [3.63, 3.8) is 0 Å². The largest absolute Gasteiger partial charge is 0.416 e. The summed E-state index contributed by atoms with van der Waals surface area (Å²) in [5, 5.41) is 12.9. The summed E-state index contributed by atoms with van der Waals surface area (Å²) in [6, 6.07) is 0.805. The molecule has 0 atom stereocenters. The standard InChI is InChI=1S/C14H11F3N4O6/c1-19-11(23)12(24)20(13(19)25)6-10(22)18-5-7-2-8(14(15,16)17)4-9(3-7)21(26)27/h2-4H,5-6H2,1H3,(H,18,22). The number of nitrogens with zero attached hydrogens (tertiary/aromatic N) is 3. The molecular weight excluding hydrogens is 377 g/mol. The number of hydrogen-bond acceptors (Lipinski definition) is 6. The maximum absolute atomic E-state index is 12.8. The summed E-state index contributed by atoms with van der Waals surface area (Å²) >= 11 is 0. The van der Waals surface area contributed by atoms with Gasteiger partial charge in [0.2, 0.25) is 5.91 Å². The number of halogens is 3. The second-order valence-electron chi connectivity index (χ2n) is 5.46. The van der Waals surface area contributed by atoms with Crippen molar-refractivity contribution in [2.75, 3.05) is 13.6 Å². The maximum Gasteiger partial charge on any atom is 0.416 e. The lowest BCUT2D eigenvalue weighted by molar-refractivity contribution is -0.385. The van der Waals surface area contributed by atoms with Crippen molar-refractivity contribution in [3.05, 3.63) is 39.4 Å². The molecule has 1 aliphatic rings. The van der Waals surface area contributed by atoms with Gasteiger partial charge >= 0.3 is 24.0 Å². The molecule has 0 saturated carbocycles. The highest BCUT2D eigenvalue weighted by atomic mass is 19.4. The van der Waals surface area contributed by atoms with Gasteiger partial charge in [0.1, 0.15) is 6.54 Å². The van der Waals surface area contributed by atoms with Crippen molar-refractivity contribution in [3.8, 4) is 0 Å². The average molecular weight is 388 g/mol. The predicted molar refractivity (Wildman–Crippen MR) is 79.8 cm³/mol. The zero-order valence-electron chi connectivity index (χ0n) is 13.6. The van der Waals surface area contributed by atoms with E-state index in [4.69, 9.17) is 0 Å². The molecule has 0 aliphatic carbocycles. The highest BCUT2D eigenvalue weighted by Gasteiger charge is 2.43. The minimum Gasteiger partial charge on any atom is -0.350 e. The Morgan fingerprint density at radius 1 is 1.19 bits per heavy atom. The lowest BCUT2D eigenvalue weighted by Crippen LogP contribution is -2.40.